The predicted octanol–water partition coefficient (Wildman–Crippen LogP) is 1.87. The Balaban J connectivity index is 2.19. The van der Waals surface area contributed by atoms with Crippen molar-refractivity contribution in [1.29, 1.82) is 0 Å². The zero-order valence-corrected chi connectivity index (χ0v) is 11.1. The molecule has 0 aliphatic carbocycles. The number of benzene rings is 1. The first-order chi connectivity index (χ1) is 9.99. The molecule has 0 saturated carbocycles. The summed E-state index contributed by atoms with van der Waals surface area (Å²) < 4.78 is 0. The van der Waals surface area contributed by atoms with Gasteiger partial charge in [0, 0.05) is 17.8 Å². The van der Waals surface area contributed by atoms with Gasteiger partial charge in [-0.25, -0.2) is 0 Å². The monoisotopic (exact) mass is 285 g/mol. The maximum absolute atomic E-state index is 12.0. The van der Waals surface area contributed by atoms with Gasteiger partial charge in [-0.3, -0.25) is 30.0 Å². The highest BCUT2D eigenvalue weighted by Crippen LogP contribution is 2.11. The molecule has 0 aliphatic rings. The molecule has 21 heavy (non-hydrogen) atoms. The summed E-state index contributed by atoms with van der Waals surface area (Å²) in [6, 6.07) is 7.85. The number of carbonyl (C=O) groups excluding carboxylic acids is 2. The van der Waals surface area contributed by atoms with Gasteiger partial charge in [-0.2, -0.15) is 0 Å². The van der Waals surface area contributed by atoms with Gasteiger partial charge in [-0.1, -0.05) is 18.2 Å². The maximum atomic E-state index is 12.0. The summed E-state index contributed by atoms with van der Waals surface area (Å²) in [4.78, 5) is 37.5. The van der Waals surface area contributed by atoms with E-state index in [1.165, 1.54) is 0 Å². The van der Waals surface area contributed by atoms with E-state index in [4.69, 9.17) is 0 Å². The number of hydrogen-bond donors (Lipinski definition) is 1. The fourth-order valence-corrected chi connectivity index (χ4v) is 1.72. The smallest absolute Gasteiger partial charge is 0.288 e. The van der Waals surface area contributed by atoms with Crippen LogP contribution in [0.4, 0.5) is 5.69 Å². The second-order valence-electron chi connectivity index (χ2n) is 4.29. The molecular formula is C14H11N3O4. The largest absolute Gasteiger partial charge is 0.288 e. The number of imide groups is 1. The van der Waals surface area contributed by atoms with Crippen molar-refractivity contribution in [3.8, 4) is 0 Å². The molecule has 2 aromatic rings. The van der Waals surface area contributed by atoms with E-state index in [0.29, 0.717) is 5.56 Å². The third-order valence-corrected chi connectivity index (χ3v) is 2.81. The lowest BCUT2D eigenvalue weighted by Crippen LogP contribution is -2.31. The molecule has 7 nitrogen and oxygen atoms in total. The second-order valence-corrected chi connectivity index (χ2v) is 4.29. The van der Waals surface area contributed by atoms with Crippen molar-refractivity contribution in [3.05, 3.63) is 69.5 Å². The molecule has 106 valence electrons. The molecule has 1 aromatic heterocycles. The Labute approximate surface area is 119 Å². The van der Waals surface area contributed by atoms with Crippen LogP contribution in [0, 0.1) is 17.0 Å². The first kappa shape index (κ1) is 14.3. The minimum Gasteiger partial charge on any atom is -0.288 e. The number of amides is 2. The van der Waals surface area contributed by atoms with Crippen molar-refractivity contribution in [3.63, 3.8) is 0 Å². The maximum Gasteiger partial charge on any atom is 0.288 e. The number of carbonyl (C=O) groups is 2. The van der Waals surface area contributed by atoms with E-state index >= 15 is 0 Å². The molecule has 1 aromatic carbocycles. The van der Waals surface area contributed by atoms with E-state index in [-0.39, 0.29) is 11.3 Å². The highest BCUT2D eigenvalue weighted by atomic mass is 16.6. The number of hydrogen-bond acceptors (Lipinski definition) is 5. The summed E-state index contributed by atoms with van der Waals surface area (Å²) in [7, 11) is 0. The van der Waals surface area contributed by atoms with Crippen molar-refractivity contribution in [2.45, 2.75) is 6.92 Å². The highest BCUT2D eigenvalue weighted by Gasteiger charge is 2.16. The lowest BCUT2D eigenvalue weighted by atomic mass is 10.1. The van der Waals surface area contributed by atoms with Gasteiger partial charge in [-0.05, 0) is 18.6 Å². The average Bonchev–Trinajstić information content (AvgIpc) is 2.47. The molecule has 0 atom stereocenters. The van der Waals surface area contributed by atoms with Crippen LogP contribution in [0.3, 0.4) is 0 Å². The summed E-state index contributed by atoms with van der Waals surface area (Å²) in [5, 5.41) is 12.8. The average molecular weight is 285 g/mol. The number of nitrogens with zero attached hydrogens (tertiary/aromatic N) is 2. The normalized spacial score (nSPS) is 9.95. The number of aryl methyl sites for hydroxylation is 1. The van der Waals surface area contributed by atoms with Gasteiger partial charge in [0.15, 0.2) is 0 Å². The van der Waals surface area contributed by atoms with E-state index in [2.05, 4.69) is 10.3 Å². The van der Waals surface area contributed by atoms with Crippen LogP contribution in [0.2, 0.25) is 0 Å². The molecule has 0 unspecified atom stereocenters. The third kappa shape index (κ3) is 3.27. The summed E-state index contributed by atoms with van der Waals surface area (Å²) in [6.07, 6.45) is 2.19. The minimum atomic E-state index is -0.737. The molecule has 0 saturated heterocycles. The topological polar surface area (TPSA) is 102 Å². The van der Waals surface area contributed by atoms with Gasteiger partial charge >= 0.3 is 0 Å². The number of nitro groups is 1. The molecular weight excluding hydrogens is 274 g/mol. The molecule has 1 N–H and O–H groups in total. The van der Waals surface area contributed by atoms with E-state index < -0.39 is 16.7 Å². The Kier molecular flexibility index (Phi) is 4.03. The summed E-state index contributed by atoms with van der Waals surface area (Å²) >= 11 is 0. The van der Waals surface area contributed by atoms with Crippen molar-refractivity contribution < 1.29 is 14.5 Å². The first-order valence-corrected chi connectivity index (χ1v) is 6.00. The minimum absolute atomic E-state index is 0.0499. The number of rotatable bonds is 3. The predicted molar refractivity (Wildman–Crippen MR) is 73.9 cm³/mol. The lowest BCUT2D eigenvalue weighted by Gasteiger charge is -2.06. The van der Waals surface area contributed by atoms with Gasteiger partial charge in [0.25, 0.3) is 17.5 Å². The van der Waals surface area contributed by atoms with Crippen molar-refractivity contribution in [2.24, 2.45) is 0 Å². The lowest BCUT2D eigenvalue weighted by molar-refractivity contribution is -0.385. The number of aromatic nitrogens is 1. The van der Waals surface area contributed by atoms with Crippen molar-refractivity contribution in [2.75, 3.05) is 0 Å². The quantitative estimate of drug-likeness (QED) is 0.527. The van der Waals surface area contributed by atoms with Crippen LogP contribution < -0.4 is 5.32 Å². The molecule has 0 aliphatic heterocycles. The van der Waals surface area contributed by atoms with Crippen LogP contribution in [-0.4, -0.2) is 21.7 Å². The van der Waals surface area contributed by atoms with Gasteiger partial charge in [0.2, 0.25) is 0 Å². The first-order valence-electron chi connectivity index (χ1n) is 6.00. The Morgan fingerprint density at radius 1 is 1.19 bits per heavy atom. The zero-order chi connectivity index (χ0) is 15.4. The molecule has 0 bridgehead atoms. The van der Waals surface area contributed by atoms with Gasteiger partial charge in [0.1, 0.15) is 6.20 Å². The van der Waals surface area contributed by atoms with E-state index in [9.17, 15) is 19.7 Å². The zero-order valence-electron chi connectivity index (χ0n) is 11.1. The van der Waals surface area contributed by atoms with Gasteiger partial charge in [0.05, 0.1) is 10.5 Å². The second kappa shape index (κ2) is 5.91. The SMILES string of the molecule is Cc1ccccc1C(=O)NC(=O)c1cncc([N+](=O)[O-])c1. The van der Waals surface area contributed by atoms with Crippen LogP contribution >= 0.6 is 0 Å². The Morgan fingerprint density at radius 3 is 2.57 bits per heavy atom. The number of pyridine rings is 1. The Bertz CT molecular complexity index is 728. The highest BCUT2D eigenvalue weighted by molar-refractivity contribution is 6.10. The molecule has 0 fully saturated rings. The van der Waals surface area contributed by atoms with Crippen LogP contribution in [0.1, 0.15) is 26.3 Å². The fourth-order valence-electron chi connectivity index (χ4n) is 1.72. The fraction of sp³-hybridized carbons (Fsp3) is 0.0714. The van der Waals surface area contributed by atoms with Crippen molar-refractivity contribution in [1.82, 2.24) is 10.3 Å². The molecule has 1 heterocycles. The molecule has 2 rings (SSSR count). The van der Waals surface area contributed by atoms with E-state index in [0.717, 1.165) is 24.0 Å². The number of nitrogens with one attached hydrogen (secondary N) is 1. The third-order valence-electron chi connectivity index (χ3n) is 2.81. The molecule has 0 spiro atoms. The molecule has 7 heteroatoms. The Morgan fingerprint density at radius 2 is 1.90 bits per heavy atom. The standard InChI is InChI=1S/C14H11N3O4/c1-9-4-2-3-5-12(9)14(19)16-13(18)10-6-11(17(20)21)8-15-7-10/h2-8H,1H3,(H,16,18,19). The van der Waals surface area contributed by atoms with Crippen molar-refractivity contribution >= 4 is 17.5 Å². The van der Waals surface area contributed by atoms with Crippen LogP contribution in [0.15, 0.2) is 42.7 Å². The van der Waals surface area contributed by atoms with Crippen LogP contribution in [0.25, 0.3) is 0 Å². The van der Waals surface area contributed by atoms with E-state index in [1.807, 2.05) is 0 Å². The van der Waals surface area contributed by atoms with E-state index in [1.54, 1.807) is 31.2 Å². The molecule has 2 amide bonds. The summed E-state index contributed by atoms with van der Waals surface area (Å²) in [5.74, 6) is -1.30. The molecule has 0 radical (unpaired) electrons. The summed E-state index contributed by atoms with van der Waals surface area (Å²) in [5.41, 5.74) is 0.723. The summed E-state index contributed by atoms with van der Waals surface area (Å²) in [6.45, 7) is 1.74. The van der Waals surface area contributed by atoms with Gasteiger partial charge < -0.3 is 0 Å². The van der Waals surface area contributed by atoms with Crippen LogP contribution in [-0.2, 0) is 0 Å². The van der Waals surface area contributed by atoms with Gasteiger partial charge in [-0.15, -0.1) is 0 Å². The van der Waals surface area contributed by atoms with Crippen LogP contribution in [0.5, 0.6) is 0 Å². The Hall–Kier alpha value is -3.09.